The van der Waals surface area contributed by atoms with Crippen molar-refractivity contribution in [2.24, 2.45) is 5.10 Å². The van der Waals surface area contributed by atoms with Gasteiger partial charge in [-0.25, -0.2) is 5.43 Å². The van der Waals surface area contributed by atoms with Gasteiger partial charge in [-0.1, -0.05) is 11.6 Å². The minimum absolute atomic E-state index is 0.134. The summed E-state index contributed by atoms with van der Waals surface area (Å²) in [4.78, 5) is 12.1. The van der Waals surface area contributed by atoms with Gasteiger partial charge in [-0.15, -0.1) is 0 Å². The molecule has 1 amide bonds. The van der Waals surface area contributed by atoms with Crippen LogP contribution in [0.1, 0.15) is 22.8 Å². The number of fused-ring (bicyclic) bond motifs is 1. The van der Waals surface area contributed by atoms with Crippen molar-refractivity contribution >= 4 is 23.7 Å². The van der Waals surface area contributed by atoms with E-state index in [1.165, 1.54) is 12.3 Å². The number of carbonyl (C=O) groups is 1. The zero-order valence-corrected chi connectivity index (χ0v) is 14.0. The first kappa shape index (κ1) is 16.9. The van der Waals surface area contributed by atoms with Crippen LogP contribution >= 0.6 is 11.6 Å². The third-order valence-corrected chi connectivity index (χ3v) is 3.65. The highest BCUT2D eigenvalue weighted by Gasteiger charge is 2.16. The Balaban J connectivity index is 1.69. The summed E-state index contributed by atoms with van der Waals surface area (Å²) in [6.45, 7) is 2.31. The number of hydrogen-bond acceptors (Lipinski definition) is 6. The van der Waals surface area contributed by atoms with Crippen LogP contribution in [0.2, 0.25) is 5.02 Å². The van der Waals surface area contributed by atoms with Gasteiger partial charge in [0.15, 0.2) is 23.0 Å². The van der Waals surface area contributed by atoms with Crippen LogP contribution < -0.4 is 19.6 Å². The number of carbonyl (C=O) groups excluding carboxylic acids is 1. The third kappa shape index (κ3) is 3.77. The summed E-state index contributed by atoms with van der Waals surface area (Å²) in [6.07, 6.45) is 1.40. The molecule has 8 heteroatoms. The molecule has 0 saturated heterocycles. The van der Waals surface area contributed by atoms with Crippen molar-refractivity contribution in [1.82, 2.24) is 5.43 Å². The van der Waals surface area contributed by atoms with Crippen LogP contribution in [0.5, 0.6) is 23.0 Å². The van der Waals surface area contributed by atoms with Crippen LogP contribution in [0.4, 0.5) is 0 Å². The summed E-state index contributed by atoms with van der Waals surface area (Å²) < 4.78 is 15.7. The lowest BCUT2D eigenvalue weighted by atomic mass is 10.2. The van der Waals surface area contributed by atoms with E-state index in [2.05, 4.69) is 10.5 Å². The lowest BCUT2D eigenvalue weighted by molar-refractivity contribution is 0.0954. The second-order valence-corrected chi connectivity index (χ2v) is 5.46. The summed E-state index contributed by atoms with van der Waals surface area (Å²) in [5.41, 5.74) is 3.37. The fourth-order valence-electron chi connectivity index (χ4n) is 2.20. The molecule has 0 radical (unpaired) electrons. The molecule has 3 rings (SSSR count). The Morgan fingerprint density at radius 2 is 2.16 bits per heavy atom. The van der Waals surface area contributed by atoms with Crippen LogP contribution in [0, 0.1) is 0 Å². The van der Waals surface area contributed by atoms with Crippen LogP contribution in [0.15, 0.2) is 35.4 Å². The minimum atomic E-state index is -0.399. The number of ether oxygens (including phenoxy) is 3. The van der Waals surface area contributed by atoms with Gasteiger partial charge in [0.05, 0.1) is 17.8 Å². The van der Waals surface area contributed by atoms with E-state index in [0.29, 0.717) is 29.2 Å². The number of amides is 1. The molecule has 25 heavy (non-hydrogen) atoms. The molecule has 0 aliphatic carbocycles. The van der Waals surface area contributed by atoms with Gasteiger partial charge in [0, 0.05) is 5.56 Å². The topological polar surface area (TPSA) is 89.4 Å². The zero-order valence-electron chi connectivity index (χ0n) is 13.3. The van der Waals surface area contributed by atoms with Gasteiger partial charge in [0.25, 0.3) is 5.91 Å². The minimum Gasteiger partial charge on any atom is -0.503 e. The SMILES string of the molecule is CCOc1cc(/C=N/NC(=O)c2ccc3c(c2)OCO3)cc(Cl)c1O. The Morgan fingerprint density at radius 1 is 1.36 bits per heavy atom. The summed E-state index contributed by atoms with van der Waals surface area (Å²) >= 11 is 5.94. The van der Waals surface area contributed by atoms with Gasteiger partial charge < -0.3 is 19.3 Å². The molecule has 2 N–H and O–H groups in total. The molecule has 7 nitrogen and oxygen atoms in total. The molecule has 1 aliphatic heterocycles. The molecular weight excluding hydrogens is 348 g/mol. The zero-order chi connectivity index (χ0) is 17.8. The first-order valence-corrected chi connectivity index (χ1v) is 7.84. The number of hydrogen-bond donors (Lipinski definition) is 2. The molecule has 0 saturated carbocycles. The summed E-state index contributed by atoms with van der Waals surface area (Å²) in [6, 6.07) is 7.94. The summed E-state index contributed by atoms with van der Waals surface area (Å²) in [5.74, 6) is 0.832. The number of phenolic OH excluding ortho intramolecular Hbond substituents is 1. The van der Waals surface area contributed by atoms with E-state index in [0.717, 1.165) is 0 Å². The Hall–Kier alpha value is -2.93. The molecule has 0 fully saturated rings. The molecule has 0 bridgehead atoms. The van der Waals surface area contributed by atoms with E-state index in [1.807, 2.05) is 0 Å². The van der Waals surface area contributed by atoms with Gasteiger partial charge in [-0.2, -0.15) is 5.10 Å². The molecule has 130 valence electrons. The number of nitrogens with zero attached hydrogens (tertiary/aromatic N) is 1. The lowest BCUT2D eigenvalue weighted by Crippen LogP contribution is -2.17. The molecule has 2 aromatic carbocycles. The van der Waals surface area contributed by atoms with E-state index in [-0.39, 0.29) is 23.3 Å². The molecular formula is C17H15ClN2O5. The number of rotatable bonds is 5. The number of nitrogens with one attached hydrogen (secondary N) is 1. The van der Waals surface area contributed by atoms with Crippen molar-refractivity contribution in [3.63, 3.8) is 0 Å². The van der Waals surface area contributed by atoms with E-state index in [4.69, 9.17) is 25.8 Å². The highest BCUT2D eigenvalue weighted by Crippen LogP contribution is 2.35. The average molecular weight is 363 g/mol. The molecule has 1 aliphatic rings. The van der Waals surface area contributed by atoms with E-state index < -0.39 is 5.91 Å². The van der Waals surface area contributed by atoms with Crippen molar-refractivity contribution in [1.29, 1.82) is 0 Å². The maximum absolute atomic E-state index is 12.1. The summed E-state index contributed by atoms with van der Waals surface area (Å²) in [7, 11) is 0. The van der Waals surface area contributed by atoms with Crippen molar-refractivity contribution in [3.05, 3.63) is 46.5 Å². The molecule has 2 aromatic rings. The second kappa shape index (κ2) is 7.31. The fraction of sp³-hybridized carbons (Fsp3) is 0.176. The lowest BCUT2D eigenvalue weighted by Gasteiger charge is -2.08. The van der Waals surface area contributed by atoms with Crippen molar-refractivity contribution in [3.8, 4) is 23.0 Å². The second-order valence-electron chi connectivity index (χ2n) is 5.05. The summed E-state index contributed by atoms with van der Waals surface area (Å²) in [5, 5.41) is 13.8. The van der Waals surface area contributed by atoms with E-state index in [9.17, 15) is 9.90 Å². The largest absolute Gasteiger partial charge is 0.503 e. The Kier molecular flexibility index (Phi) is 4.95. The number of halogens is 1. The number of benzene rings is 2. The molecule has 0 aromatic heterocycles. The highest BCUT2D eigenvalue weighted by molar-refractivity contribution is 6.32. The van der Waals surface area contributed by atoms with E-state index in [1.54, 1.807) is 31.2 Å². The standard InChI is InChI=1S/C17H15ClN2O5/c1-2-23-15-6-10(5-12(18)16(15)21)8-19-20-17(22)11-3-4-13-14(7-11)25-9-24-13/h3-8,21H,2,9H2,1H3,(H,20,22)/b19-8+. The van der Waals surface area contributed by atoms with Crippen molar-refractivity contribution in [2.75, 3.05) is 13.4 Å². The first-order valence-electron chi connectivity index (χ1n) is 7.47. The quantitative estimate of drug-likeness (QED) is 0.630. The molecule has 0 spiro atoms. The van der Waals surface area contributed by atoms with Crippen LogP contribution in [-0.4, -0.2) is 30.6 Å². The third-order valence-electron chi connectivity index (χ3n) is 3.37. The monoisotopic (exact) mass is 362 g/mol. The fourth-order valence-corrected chi connectivity index (χ4v) is 2.42. The van der Waals surface area contributed by atoms with Crippen LogP contribution in [0.3, 0.4) is 0 Å². The average Bonchev–Trinajstić information content (AvgIpc) is 3.07. The predicted octanol–water partition coefficient (Wildman–Crippen LogP) is 2.94. The first-order chi connectivity index (χ1) is 12.1. The van der Waals surface area contributed by atoms with Crippen molar-refractivity contribution in [2.45, 2.75) is 6.92 Å². The van der Waals surface area contributed by atoms with Crippen LogP contribution in [-0.2, 0) is 0 Å². The Bertz CT molecular complexity index is 838. The predicted molar refractivity (Wildman–Crippen MR) is 91.9 cm³/mol. The van der Waals surface area contributed by atoms with Gasteiger partial charge >= 0.3 is 0 Å². The number of hydrazone groups is 1. The van der Waals surface area contributed by atoms with Gasteiger partial charge in [-0.05, 0) is 42.8 Å². The smallest absolute Gasteiger partial charge is 0.271 e. The Labute approximate surface area is 148 Å². The number of aromatic hydroxyl groups is 1. The van der Waals surface area contributed by atoms with Crippen molar-refractivity contribution < 1.29 is 24.1 Å². The van der Waals surface area contributed by atoms with Gasteiger partial charge in [0.1, 0.15) is 0 Å². The number of phenols is 1. The molecule has 0 unspecified atom stereocenters. The Morgan fingerprint density at radius 3 is 2.96 bits per heavy atom. The van der Waals surface area contributed by atoms with E-state index >= 15 is 0 Å². The van der Waals surface area contributed by atoms with Crippen LogP contribution in [0.25, 0.3) is 0 Å². The van der Waals surface area contributed by atoms with Gasteiger partial charge in [-0.3, -0.25) is 4.79 Å². The highest BCUT2D eigenvalue weighted by atomic mass is 35.5. The van der Waals surface area contributed by atoms with Gasteiger partial charge in [0.2, 0.25) is 6.79 Å². The maximum atomic E-state index is 12.1. The maximum Gasteiger partial charge on any atom is 0.271 e. The normalized spacial score (nSPS) is 12.4. The molecule has 1 heterocycles. The molecule has 0 atom stereocenters.